The lowest BCUT2D eigenvalue weighted by Crippen LogP contribution is -2.56. The van der Waals surface area contributed by atoms with E-state index in [9.17, 15) is 32.8 Å². The van der Waals surface area contributed by atoms with E-state index in [1.807, 2.05) is 0 Å². The van der Waals surface area contributed by atoms with Crippen LogP contribution < -0.4 is 21.7 Å². The van der Waals surface area contributed by atoms with Crippen molar-refractivity contribution in [2.24, 2.45) is 23.2 Å². The van der Waals surface area contributed by atoms with Gasteiger partial charge in [-0.1, -0.05) is 34.6 Å². The Morgan fingerprint density at radius 2 is 1.73 bits per heavy atom. The van der Waals surface area contributed by atoms with Crippen molar-refractivity contribution in [3.63, 3.8) is 0 Å². The highest BCUT2D eigenvalue weighted by Gasteiger charge is 2.41. The lowest BCUT2D eigenvalue weighted by molar-refractivity contribution is -0.141. The molecule has 0 unspecified atom stereocenters. The lowest BCUT2D eigenvalue weighted by Gasteiger charge is -2.33. The van der Waals surface area contributed by atoms with Crippen molar-refractivity contribution >= 4 is 38.5 Å². The molecular formula is C24H35N5O7S. The molecule has 0 aliphatic carbocycles. The van der Waals surface area contributed by atoms with Gasteiger partial charge in [-0.05, 0) is 36.0 Å². The number of aromatic amines is 1. The Bertz CT molecular complexity index is 1310. The molecular weight excluding hydrogens is 502 g/mol. The maximum Gasteiger partial charge on any atom is 0.258 e. The number of benzene rings is 1. The average Bonchev–Trinajstić information content (AvgIpc) is 2.82. The number of hydrogen-bond donors (Lipinski definition) is 5. The molecule has 0 saturated carbocycles. The number of aromatic nitrogens is 2. The maximum absolute atomic E-state index is 13.5. The third-order valence-corrected chi connectivity index (χ3v) is 7.80. The van der Waals surface area contributed by atoms with E-state index < -0.39 is 62.2 Å². The molecule has 3 atom stereocenters. The number of rotatable bonds is 10. The summed E-state index contributed by atoms with van der Waals surface area (Å²) < 4.78 is 26.8. The normalized spacial score (nSPS) is 14.6. The Labute approximate surface area is 215 Å². The van der Waals surface area contributed by atoms with Gasteiger partial charge in [0.15, 0.2) is 9.84 Å². The minimum absolute atomic E-state index is 0.0433. The van der Waals surface area contributed by atoms with Crippen LogP contribution in [-0.2, 0) is 24.2 Å². The van der Waals surface area contributed by atoms with Crippen LogP contribution >= 0.6 is 0 Å². The first kappa shape index (κ1) is 29.9. The molecule has 1 aromatic heterocycles. The molecule has 0 aliphatic rings. The van der Waals surface area contributed by atoms with E-state index in [0.717, 1.165) is 6.07 Å². The van der Waals surface area contributed by atoms with Gasteiger partial charge in [0.25, 0.3) is 5.56 Å². The van der Waals surface area contributed by atoms with Crippen LogP contribution in [0.25, 0.3) is 10.9 Å². The van der Waals surface area contributed by atoms with Crippen molar-refractivity contribution in [2.75, 3.05) is 12.8 Å². The van der Waals surface area contributed by atoms with Gasteiger partial charge in [-0.25, -0.2) is 18.9 Å². The Kier molecular flexibility index (Phi) is 9.55. The topological polar surface area (TPSA) is 187 Å². The van der Waals surface area contributed by atoms with Crippen molar-refractivity contribution in [1.82, 2.24) is 26.1 Å². The lowest BCUT2D eigenvalue weighted by atomic mass is 9.82. The van der Waals surface area contributed by atoms with E-state index in [0.29, 0.717) is 0 Å². The number of carbonyl (C=O) groups excluding carboxylic acids is 3. The minimum Gasteiger partial charge on any atom is -0.357 e. The van der Waals surface area contributed by atoms with Crippen molar-refractivity contribution in [2.45, 2.75) is 52.0 Å². The largest absolute Gasteiger partial charge is 0.357 e. The Balaban J connectivity index is 2.51. The molecule has 37 heavy (non-hydrogen) atoms. The van der Waals surface area contributed by atoms with E-state index in [1.54, 1.807) is 34.6 Å². The average molecular weight is 538 g/mol. The summed E-state index contributed by atoms with van der Waals surface area (Å²) in [4.78, 5) is 56.9. The quantitative estimate of drug-likeness (QED) is 0.217. The Morgan fingerprint density at radius 1 is 1.08 bits per heavy atom. The summed E-state index contributed by atoms with van der Waals surface area (Å²) in [5.74, 6) is -5.85. The fourth-order valence-corrected chi connectivity index (χ4v) is 5.68. The number of nitrogens with one attached hydrogen (secondary N) is 4. The first-order valence-electron chi connectivity index (χ1n) is 11.8. The van der Waals surface area contributed by atoms with E-state index in [-0.39, 0.29) is 28.1 Å². The summed E-state index contributed by atoms with van der Waals surface area (Å²) in [5, 5.41) is 14.6. The van der Waals surface area contributed by atoms with E-state index >= 15 is 0 Å². The zero-order valence-electron chi connectivity index (χ0n) is 21.8. The zero-order chi connectivity index (χ0) is 28.1. The van der Waals surface area contributed by atoms with Crippen LogP contribution in [0.5, 0.6) is 0 Å². The van der Waals surface area contributed by atoms with Gasteiger partial charge in [0.1, 0.15) is 6.04 Å². The first-order chi connectivity index (χ1) is 17.1. The number of hydrogen-bond acceptors (Lipinski definition) is 8. The van der Waals surface area contributed by atoms with Crippen LogP contribution in [-0.4, -0.2) is 60.2 Å². The molecule has 1 heterocycles. The minimum atomic E-state index is -4.23. The smallest absolute Gasteiger partial charge is 0.258 e. The highest BCUT2D eigenvalue weighted by molar-refractivity contribution is 7.91. The number of hydroxylamine groups is 1. The fraction of sp³-hybridized carbons (Fsp3) is 0.542. The van der Waals surface area contributed by atoms with E-state index in [4.69, 9.17) is 0 Å². The number of sulfone groups is 1. The molecule has 5 N–H and O–H groups in total. The molecule has 0 aliphatic heterocycles. The van der Waals surface area contributed by atoms with Crippen LogP contribution in [0.2, 0.25) is 0 Å². The van der Waals surface area contributed by atoms with Crippen molar-refractivity contribution in [3.05, 3.63) is 34.9 Å². The van der Waals surface area contributed by atoms with E-state index in [1.165, 1.54) is 31.0 Å². The van der Waals surface area contributed by atoms with Gasteiger partial charge in [0, 0.05) is 7.05 Å². The Morgan fingerprint density at radius 3 is 2.27 bits per heavy atom. The van der Waals surface area contributed by atoms with Gasteiger partial charge in [-0.15, -0.1) is 0 Å². The van der Waals surface area contributed by atoms with Crippen LogP contribution in [0.1, 0.15) is 41.0 Å². The van der Waals surface area contributed by atoms with Crippen LogP contribution in [0, 0.1) is 23.2 Å². The highest BCUT2D eigenvalue weighted by atomic mass is 32.2. The number of fused-ring (bicyclic) bond motifs is 1. The molecule has 0 bridgehead atoms. The van der Waals surface area contributed by atoms with Crippen LogP contribution in [0.3, 0.4) is 0 Å². The van der Waals surface area contributed by atoms with Crippen LogP contribution in [0.4, 0.5) is 0 Å². The molecule has 2 rings (SSSR count). The van der Waals surface area contributed by atoms with Crippen molar-refractivity contribution < 1.29 is 28.0 Å². The van der Waals surface area contributed by atoms with Gasteiger partial charge < -0.3 is 15.6 Å². The summed E-state index contributed by atoms with van der Waals surface area (Å²) in [7, 11) is -2.80. The zero-order valence-corrected chi connectivity index (χ0v) is 22.6. The second-order valence-electron chi connectivity index (χ2n) is 10.4. The predicted molar refractivity (Wildman–Crippen MR) is 136 cm³/mol. The summed E-state index contributed by atoms with van der Waals surface area (Å²) in [6, 6.07) is 2.82. The summed E-state index contributed by atoms with van der Waals surface area (Å²) in [5.41, 5.74) is 0.535. The maximum atomic E-state index is 13.5. The molecule has 2 aromatic rings. The van der Waals surface area contributed by atoms with Gasteiger partial charge in [0.05, 0.1) is 39.7 Å². The van der Waals surface area contributed by atoms with Crippen molar-refractivity contribution in [3.8, 4) is 0 Å². The number of carbonyl (C=O) groups is 3. The third-order valence-electron chi connectivity index (χ3n) is 6.03. The number of H-pyrrole nitrogens is 1. The second-order valence-corrected chi connectivity index (χ2v) is 12.5. The monoisotopic (exact) mass is 537 g/mol. The van der Waals surface area contributed by atoms with E-state index in [2.05, 4.69) is 20.6 Å². The standard InChI is InChI=1S/C24H35N5O7S/c1-13(2)9-15(21(31)28-19(23(33)25-6)24(3,4)5)17(22(32)29-34)11-37(35,36)14-7-8-18-16(10-14)20(30)27-12-26-18/h7-8,10,12-13,15,17,19,34H,9,11H2,1-6H3,(H,25,33)(H,28,31)(H,29,32)(H,26,27,30)/t15-,17+,19-/m1/s1. The van der Waals surface area contributed by atoms with Gasteiger partial charge >= 0.3 is 0 Å². The molecule has 0 radical (unpaired) electrons. The second kappa shape index (κ2) is 11.8. The molecule has 3 amide bonds. The molecule has 0 spiro atoms. The summed E-state index contributed by atoms with van der Waals surface area (Å²) >= 11 is 0. The Hall–Kier alpha value is -3.32. The molecule has 12 nitrogen and oxygen atoms in total. The fourth-order valence-electron chi connectivity index (χ4n) is 4.06. The predicted octanol–water partition coefficient (Wildman–Crippen LogP) is 0.758. The van der Waals surface area contributed by atoms with Crippen molar-refractivity contribution in [1.29, 1.82) is 0 Å². The number of likely N-dealkylation sites (N-methyl/N-ethyl adjacent to an activating group) is 1. The van der Waals surface area contributed by atoms with Gasteiger partial charge in [-0.3, -0.25) is 24.4 Å². The number of amides is 3. The SMILES string of the molecule is CNC(=O)[C@@H](NC(=O)[C@H](CC(C)C)[C@H](CS(=O)(=O)c1ccc2nc[nH]c(=O)c2c1)C(=O)NO)C(C)(C)C. The van der Waals surface area contributed by atoms with Crippen LogP contribution in [0.15, 0.2) is 34.2 Å². The molecule has 0 fully saturated rings. The highest BCUT2D eigenvalue weighted by Crippen LogP contribution is 2.28. The molecule has 204 valence electrons. The number of nitrogens with zero attached hydrogens (tertiary/aromatic N) is 1. The molecule has 1 aromatic carbocycles. The van der Waals surface area contributed by atoms with Gasteiger partial charge in [-0.2, -0.15) is 0 Å². The summed E-state index contributed by atoms with van der Waals surface area (Å²) in [6.07, 6.45) is 1.30. The molecule has 0 saturated heterocycles. The van der Waals surface area contributed by atoms with Gasteiger partial charge in [0.2, 0.25) is 17.7 Å². The summed E-state index contributed by atoms with van der Waals surface area (Å²) in [6.45, 7) is 8.85. The molecule has 13 heteroatoms. The first-order valence-corrected chi connectivity index (χ1v) is 13.4. The third kappa shape index (κ3) is 7.35.